The van der Waals surface area contributed by atoms with Crippen LogP contribution in [0.4, 0.5) is 0 Å². The summed E-state index contributed by atoms with van der Waals surface area (Å²) in [7, 11) is 1.80. The molecule has 0 bridgehead atoms. The quantitative estimate of drug-likeness (QED) is 0.561. The van der Waals surface area contributed by atoms with Crippen LogP contribution >= 0.6 is 0 Å². The average Bonchev–Trinajstić information content (AvgIpc) is 2.44. The first-order valence-corrected chi connectivity index (χ1v) is 8.27. The molecule has 0 fully saturated rings. The molecule has 1 N–H and O–H groups in total. The number of hydrogen-bond acceptors (Lipinski definition) is 4. The highest BCUT2D eigenvalue weighted by Crippen LogP contribution is 2.03. The van der Waals surface area contributed by atoms with Gasteiger partial charge in [-0.25, -0.2) is 0 Å². The second-order valence-electron chi connectivity index (χ2n) is 5.68. The third-order valence-corrected chi connectivity index (χ3v) is 3.86. The maximum atomic E-state index is 5.40. The monoisotopic (exact) mass is 287 g/mol. The van der Waals surface area contributed by atoms with Crippen LogP contribution in [-0.4, -0.2) is 74.9 Å². The van der Waals surface area contributed by atoms with Gasteiger partial charge in [-0.3, -0.25) is 4.90 Å². The molecule has 0 aromatic rings. The van der Waals surface area contributed by atoms with Crippen molar-refractivity contribution in [2.24, 2.45) is 0 Å². The van der Waals surface area contributed by atoms with Gasteiger partial charge in [0.2, 0.25) is 0 Å². The summed E-state index contributed by atoms with van der Waals surface area (Å²) in [6, 6.07) is 1.01. The van der Waals surface area contributed by atoms with Crippen molar-refractivity contribution >= 4 is 0 Å². The van der Waals surface area contributed by atoms with Crippen molar-refractivity contribution in [1.82, 2.24) is 15.1 Å². The molecule has 0 aliphatic rings. The van der Waals surface area contributed by atoms with Crippen LogP contribution in [0.5, 0.6) is 0 Å². The van der Waals surface area contributed by atoms with Gasteiger partial charge in [-0.2, -0.15) is 0 Å². The van der Waals surface area contributed by atoms with E-state index in [0.717, 1.165) is 39.3 Å². The molecule has 1 atom stereocenters. The van der Waals surface area contributed by atoms with E-state index in [0.29, 0.717) is 12.1 Å². The van der Waals surface area contributed by atoms with E-state index in [9.17, 15) is 0 Å². The highest BCUT2D eigenvalue weighted by atomic mass is 16.5. The molecule has 0 spiro atoms. The van der Waals surface area contributed by atoms with Gasteiger partial charge >= 0.3 is 0 Å². The van der Waals surface area contributed by atoms with Crippen LogP contribution in [0.3, 0.4) is 0 Å². The first-order valence-electron chi connectivity index (χ1n) is 8.27. The van der Waals surface area contributed by atoms with E-state index in [4.69, 9.17) is 4.74 Å². The molecular formula is C16H37N3O. The molecule has 0 rings (SSSR count). The fourth-order valence-corrected chi connectivity index (χ4v) is 2.49. The zero-order valence-electron chi connectivity index (χ0n) is 14.6. The summed E-state index contributed by atoms with van der Waals surface area (Å²) in [6.07, 6.45) is 1.23. The molecule has 0 aliphatic heterocycles. The normalized spacial score (nSPS) is 13.7. The lowest BCUT2D eigenvalue weighted by atomic mass is 10.2. The first kappa shape index (κ1) is 19.8. The smallest absolute Gasteiger partial charge is 0.0630 e. The van der Waals surface area contributed by atoms with Gasteiger partial charge in [-0.1, -0.05) is 34.6 Å². The van der Waals surface area contributed by atoms with Crippen LogP contribution in [-0.2, 0) is 4.74 Å². The topological polar surface area (TPSA) is 27.7 Å². The number of methoxy groups -OCH3 is 1. The second-order valence-corrected chi connectivity index (χ2v) is 5.68. The predicted molar refractivity (Wildman–Crippen MR) is 88.5 cm³/mol. The van der Waals surface area contributed by atoms with Gasteiger partial charge in [0.1, 0.15) is 0 Å². The van der Waals surface area contributed by atoms with E-state index in [1.54, 1.807) is 7.11 Å². The van der Waals surface area contributed by atoms with Crippen LogP contribution in [0.2, 0.25) is 0 Å². The highest BCUT2D eigenvalue weighted by molar-refractivity contribution is 4.74. The van der Waals surface area contributed by atoms with E-state index in [1.165, 1.54) is 13.0 Å². The van der Waals surface area contributed by atoms with Crippen LogP contribution in [0, 0.1) is 0 Å². The fraction of sp³-hybridized carbons (Fsp3) is 1.00. The highest BCUT2D eigenvalue weighted by Gasteiger charge is 2.17. The van der Waals surface area contributed by atoms with Gasteiger partial charge in [0, 0.05) is 25.7 Å². The van der Waals surface area contributed by atoms with E-state index in [2.05, 4.69) is 49.7 Å². The maximum Gasteiger partial charge on any atom is 0.0630 e. The van der Waals surface area contributed by atoms with Crippen LogP contribution < -0.4 is 5.32 Å². The second kappa shape index (κ2) is 12.6. The number of nitrogens with zero attached hydrogens (tertiary/aromatic N) is 2. The maximum absolute atomic E-state index is 5.40. The standard InChI is InChI=1S/C16H37N3O/c1-7-18(8-2)11-10-12-19(9-3)16(14-20-6)13-17-15(4)5/h15-17H,7-14H2,1-6H3. The molecule has 0 saturated carbocycles. The molecule has 122 valence electrons. The first-order chi connectivity index (χ1) is 9.58. The Bertz CT molecular complexity index is 208. The Balaban J connectivity index is 4.20. The van der Waals surface area contributed by atoms with Crippen LogP contribution in [0.1, 0.15) is 41.0 Å². The van der Waals surface area contributed by atoms with Crippen molar-refractivity contribution in [2.45, 2.75) is 53.1 Å². The van der Waals surface area contributed by atoms with E-state index in [1.807, 2.05) is 0 Å². The van der Waals surface area contributed by atoms with Gasteiger partial charge in [-0.05, 0) is 39.1 Å². The summed E-state index contributed by atoms with van der Waals surface area (Å²) in [5.74, 6) is 0. The molecule has 0 aromatic carbocycles. The molecule has 1 unspecified atom stereocenters. The van der Waals surface area contributed by atoms with Gasteiger partial charge in [0.25, 0.3) is 0 Å². The molecular weight excluding hydrogens is 250 g/mol. The Kier molecular flexibility index (Phi) is 12.5. The lowest BCUT2D eigenvalue weighted by Gasteiger charge is -2.32. The average molecular weight is 287 g/mol. The van der Waals surface area contributed by atoms with Crippen molar-refractivity contribution < 1.29 is 4.74 Å². The molecule has 4 nitrogen and oxygen atoms in total. The fourth-order valence-electron chi connectivity index (χ4n) is 2.49. The zero-order valence-corrected chi connectivity index (χ0v) is 14.6. The van der Waals surface area contributed by atoms with Crippen molar-refractivity contribution in [2.75, 3.05) is 53.0 Å². The number of hydrogen-bond donors (Lipinski definition) is 1. The summed E-state index contributed by atoms with van der Waals surface area (Å²) in [6.45, 7) is 18.7. The molecule has 0 radical (unpaired) electrons. The SMILES string of the molecule is CCN(CC)CCCN(CC)C(CNC(C)C)COC. The summed E-state index contributed by atoms with van der Waals surface area (Å²) >= 11 is 0. The summed E-state index contributed by atoms with van der Waals surface area (Å²) < 4.78 is 5.40. The number of nitrogens with one attached hydrogen (secondary N) is 1. The van der Waals surface area contributed by atoms with Gasteiger partial charge in [0.05, 0.1) is 6.61 Å². The van der Waals surface area contributed by atoms with E-state index < -0.39 is 0 Å². The molecule has 0 heterocycles. The zero-order chi connectivity index (χ0) is 15.4. The lowest BCUT2D eigenvalue weighted by molar-refractivity contribution is 0.0881. The van der Waals surface area contributed by atoms with E-state index >= 15 is 0 Å². The van der Waals surface area contributed by atoms with Gasteiger partial charge in [0.15, 0.2) is 0 Å². The minimum absolute atomic E-state index is 0.476. The van der Waals surface area contributed by atoms with Crippen molar-refractivity contribution in [3.05, 3.63) is 0 Å². The Morgan fingerprint density at radius 3 is 2.10 bits per heavy atom. The Morgan fingerprint density at radius 2 is 1.65 bits per heavy atom. The van der Waals surface area contributed by atoms with Crippen molar-refractivity contribution in [1.29, 1.82) is 0 Å². The largest absolute Gasteiger partial charge is 0.383 e. The Labute approximate surface area is 126 Å². The number of likely N-dealkylation sites (N-methyl/N-ethyl adjacent to an activating group) is 1. The lowest BCUT2D eigenvalue weighted by Crippen LogP contribution is -2.47. The van der Waals surface area contributed by atoms with Crippen molar-refractivity contribution in [3.8, 4) is 0 Å². The summed E-state index contributed by atoms with van der Waals surface area (Å²) in [4.78, 5) is 5.04. The third-order valence-electron chi connectivity index (χ3n) is 3.86. The minimum Gasteiger partial charge on any atom is -0.383 e. The number of rotatable bonds is 13. The molecule has 0 saturated heterocycles. The molecule has 0 aromatic heterocycles. The number of ether oxygens (including phenoxy) is 1. The molecule has 0 aliphatic carbocycles. The summed E-state index contributed by atoms with van der Waals surface area (Å²) in [5, 5.41) is 3.53. The minimum atomic E-state index is 0.476. The Hall–Kier alpha value is -0.160. The van der Waals surface area contributed by atoms with Crippen LogP contribution in [0.25, 0.3) is 0 Å². The summed E-state index contributed by atoms with van der Waals surface area (Å²) in [5.41, 5.74) is 0. The van der Waals surface area contributed by atoms with Crippen molar-refractivity contribution in [3.63, 3.8) is 0 Å². The van der Waals surface area contributed by atoms with Gasteiger partial charge < -0.3 is 15.0 Å². The molecule has 0 amide bonds. The Morgan fingerprint density at radius 1 is 1.00 bits per heavy atom. The predicted octanol–water partition coefficient (Wildman–Crippen LogP) is 2.05. The molecule has 20 heavy (non-hydrogen) atoms. The van der Waals surface area contributed by atoms with Crippen LogP contribution in [0.15, 0.2) is 0 Å². The van der Waals surface area contributed by atoms with E-state index in [-0.39, 0.29) is 0 Å². The third kappa shape index (κ3) is 8.90. The molecule has 4 heteroatoms. The van der Waals surface area contributed by atoms with Gasteiger partial charge in [-0.15, -0.1) is 0 Å².